The highest BCUT2D eigenvalue weighted by Crippen LogP contribution is 2.30. The van der Waals surface area contributed by atoms with E-state index < -0.39 is 27.8 Å². The van der Waals surface area contributed by atoms with E-state index in [1.54, 1.807) is 18.2 Å². The molecule has 1 N–H and O–H groups in total. The average molecular weight is 440 g/mol. The van der Waals surface area contributed by atoms with Crippen molar-refractivity contribution in [2.24, 2.45) is 0 Å². The van der Waals surface area contributed by atoms with Crippen LogP contribution in [0.1, 0.15) is 11.1 Å². The van der Waals surface area contributed by atoms with E-state index in [1.165, 1.54) is 41.7 Å². The van der Waals surface area contributed by atoms with Gasteiger partial charge in [0.15, 0.2) is 0 Å². The number of hydrogen-bond acceptors (Lipinski definition) is 4. The van der Waals surface area contributed by atoms with E-state index in [4.69, 9.17) is 4.74 Å². The highest BCUT2D eigenvalue weighted by atomic mass is 32.2. The van der Waals surface area contributed by atoms with Gasteiger partial charge < -0.3 is 10.1 Å². The van der Waals surface area contributed by atoms with Crippen molar-refractivity contribution < 1.29 is 22.3 Å². The normalized spacial score (nSPS) is 16.4. The molecule has 31 heavy (non-hydrogen) atoms. The first kappa shape index (κ1) is 21.0. The van der Waals surface area contributed by atoms with Gasteiger partial charge in [-0.3, -0.25) is 4.79 Å². The number of amides is 1. The predicted molar refractivity (Wildman–Crippen MR) is 115 cm³/mol. The summed E-state index contributed by atoms with van der Waals surface area (Å²) in [6, 6.07) is 18.1. The van der Waals surface area contributed by atoms with Gasteiger partial charge in [0.1, 0.15) is 17.6 Å². The molecule has 0 radical (unpaired) electrons. The molecule has 0 saturated carbocycles. The van der Waals surface area contributed by atoms with Gasteiger partial charge in [0.2, 0.25) is 15.9 Å². The highest BCUT2D eigenvalue weighted by Gasteiger charge is 2.39. The average Bonchev–Trinajstić information content (AvgIpc) is 2.79. The Balaban J connectivity index is 1.71. The second-order valence-electron chi connectivity index (χ2n) is 7.18. The lowest BCUT2D eigenvalue weighted by molar-refractivity contribution is -0.120. The summed E-state index contributed by atoms with van der Waals surface area (Å²) in [4.78, 5) is 13.2. The fourth-order valence-corrected chi connectivity index (χ4v) is 5.20. The van der Waals surface area contributed by atoms with E-state index in [0.717, 1.165) is 11.1 Å². The fraction of sp³-hybridized carbons (Fsp3) is 0.174. The molecule has 0 aliphatic carbocycles. The number of nitrogens with zero attached hydrogens (tertiary/aromatic N) is 1. The zero-order valence-electron chi connectivity index (χ0n) is 16.8. The van der Waals surface area contributed by atoms with Crippen LogP contribution in [-0.4, -0.2) is 31.8 Å². The lowest BCUT2D eigenvalue weighted by Crippen LogP contribution is -2.50. The number of hydrogen-bond donors (Lipinski definition) is 1. The number of halogens is 1. The van der Waals surface area contributed by atoms with Crippen molar-refractivity contribution in [2.75, 3.05) is 12.4 Å². The van der Waals surface area contributed by atoms with E-state index in [9.17, 15) is 17.6 Å². The monoisotopic (exact) mass is 440 g/mol. The number of benzene rings is 3. The molecule has 8 heteroatoms. The molecule has 1 unspecified atom stereocenters. The maximum Gasteiger partial charge on any atom is 0.244 e. The highest BCUT2D eigenvalue weighted by molar-refractivity contribution is 7.89. The Morgan fingerprint density at radius 3 is 2.32 bits per heavy atom. The molecule has 1 heterocycles. The Morgan fingerprint density at radius 2 is 1.65 bits per heavy atom. The quantitative estimate of drug-likeness (QED) is 0.658. The van der Waals surface area contributed by atoms with Crippen molar-refractivity contribution in [1.82, 2.24) is 4.31 Å². The zero-order valence-corrected chi connectivity index (χ0v) is 17.6. The van der Waals surface area contributed by atoms with Crippen LogP contribution in [0.4, 0.5) is 10.1 Å². The Labute approximate surface area is 180 Å². The predicted octanol–water partition coefficient (Wildman–Crippen LogP) is 3.59. The third kappa shape index (κ3) is 4.17. The van der Waals surface area contributed by atoms with Crippen molar-refractivity contribution in [3.8, 4) is 5.75 Å². The molecule has 0 spiro atoms. The molecule has 0 saturated heterocycles. The van der Waals surface area contributed by atoms with Crippen LogP contribution in [-0.2, 0) is 27.8 Å². The number of para-hydroxylation sites is 1. The van der Waals surface area contributed by atoms with Gasteiger partial charge in [0.05, 0.1) is 17.7 Å². The maximum atomic E-state index is 14.1. The van der Waals surface area contributed by atoms with Crippen LogP contribution in [0.3, 0.4) is 0 Å². The number of methoxy groups -OCH3 is 1. The second kappa shape index (κ2) is 8.49. The Bertz CT molecular complexity index is 1210. The zero-order chi connectivity index (χ0) is 22.0. The Hall–Kier alpha value is -3.23. The second-order valence-corrected chi connectivity index (χ2v) is 9.07. The van der Waals surface area contributed by atoms with Gasteiger partial charge in [-0.1, -0.05) is 36.4 Å². The first-order chi connectivity index (χ1) is 14.9. The van der Waals surface area contributed by atoms with E-state index in [2.05, 4.69) is 5.32 Å². The van der Waals surface area contributed by atoms with Crippen LogP contribution in [0.2, 0.25) is 0 Å². The molecule has 1 atom stereocenters. The lowest BCUT2D eigenvalue weighted by Gasteiger charge is -2.35. The molecule has 0 aromatic heterocycles. The molecule has 3 aromatic rings. The minimum absolute atomic E-state index is 0.00755. The summed E-state index contributed by atoms with van der Waals surface area (Å²) in [5, 5.41) is 2.54. The molecular formula is C23H21FN2O4S. The topological polar surface area (TPSA) is 75.7 Å². The van der Waals surface area contributed by atoms with Gasteiger partial charge in [0.25, 0.3) is 0 Å². The van der Waals surface area contributed by atoms with Crippen molar-refractivity contribution in [2.45, 2.75) is 23.9 Å². The third-order valence-corrected chi connectivity index (χ3v) is 7.17. The van der Waals surface area contributed by atoms with Gasteiger partial charge in [0, 0.05) is 6.54 Å². The van der Waals surface area contributed by atoms with E-state index >= 15 is 0 Å². The minimum atomic E-state index is -4.00. The summed E-state index contributed by atoms with van der Waals surface area (Å²) in [5.74, 6) is -0.648. The summed E-state index contributed by atoms with van der Waals surface area (Å²) in [6.45, 7) is 0.0416. The fourth-order valence-electron chi connectivity index (χ4n) is 3.64. The van der Waals surface area contributed by atoms with Crippen molar-refractivity contribution in [3.63, 3.8) is 0 Å². The SMILES string of the molecule is COc1ccc(S(=O)(=O)N2Cc3ccccc3CC2C(=O)Nc2ccccc2F)cc1. The largest absolute Gasteiger partial charge is 0.497 e. The molecule has 0 fully saturated rings. The molecule has 4 rings (SSSR count). The van der Waals surface area contributed by atoms with Gasteiger partial charge in [-0.2, -0.15) is 4.31 Å². The lowest BCUT2D eigenvalue weighted by atomic mass is 9.95. The molecule has 0 bridgehead atoms. The van der Waals surface area contributed by atoms with Crippen LogP contribution < -0.4 is 10.1 Å². The van der Waals surface area contributed by atoms with Crippen molar-refractivity contribution in [1.29, 1.82) is 0 Å². The van der Waals surface area contributed by atoms with Crippen LogP contribution in [0.5, 0.6) is 5.75 Å². The third-order valence-electron chi connectivity index (χ3n) is 5.31. The standard InChI is InChI=1S/C23H21FN2O4S/c1-30-18-10-12-19(13-11-18)31(28,29)26-15-17-7-3-2-6-16(17)14-22(26)23(27)25-21-9-5-4-8-20(21)24/h2-13,22H,14-15H2,1H3,(H,25,27). The van der Waals surface area contributed by atoms with Crippen LogP contribution >= 0.6 is 0 Å². The smallest absolute Gasteiger partial charge is 0.244 e. The van der Waals surface area contributed by atoms with Gasteiger partial charge in [-0.15, -0.1) is 0 Å². The number of carbonyl (C=O) groups is 1. The molecule has 6 nitrogen and oxygen atoms in total. The van der Waals surface area contributed by atoms with Gasteiger partial charge >= 0.3 is 0 Å². The summed E-state index contributed by atoms with van der Waals surface area (Å²) in [7, 11) is -2.51. The maximum absolute atomic E-state index is 14.1. The number of sulfonamides is 1. The number of fused-ring (bicyclic) bond motifs is 1. The van der Waals surface area contributed by atoms with Gasteiger partial charge in [-0.25, -0.2) is 12.8 Å². The van der Waals surface area contributed by atoms with E-state index in [1.807, 2.05) is 24.3 Å². The number of anilines is 1. The van der Waals surface area contributed by atoms with Crippen molar-refractivity contribution in [3.05, 3.63) is 89.7 Å². The molecular weight excluding hydrogens is 419 g/mol. The van der Waals surface area contributed by atoms with E-state index in [-0.39, 0.29) is 23.5 Å². The summed E-state index contributed by atoms with van der Waals surface area (Å²) in [6.07, 6.45) is 0.186. The Kier molecular flexibility index (Phi) is 5.75. The Morgan fingerprint density at radius 1 is 1.00 bits per heavy atom. The summed E-state index contributed by atoms with van der Waals surface area (Å²) in [5.41, 5.74) is 1.72. The minimum Gasteiger partial charge on any atom is -0.497 e. The summed E-state index contributed by atoms with van der Waals surface area (Å²) >= 11 is 0. The van der Waals surface area contributed by atoms with Gasteiger partial charge in [-0.05, 0) is 53.9 Å². The van der Waals surface area contributed by atoms with Crippen molar-refractivity contribution >= 4 is 21.6 Å². The molecule has 1 amide bonds. The van der Waals surface area contributed by atoms with Crippen LogP contribution in [0.15, 0.2) is 77.7 Å². The first-order valence-electron chi connectivity index (χ1n) is 9.68. The number of nitrogens with one attached hydrogen (secondary N) is 1. The molecule has 1 aliphatic rings. The summed E-state index contributed by atoms with van der Waals surface area (Å²) < 4.78 is 47.3. The number of ether oxygens (including phenoxy) is 1. The van der Waals surface area contributed by atoms with Crippen LogP contribution in [0.25, 0.3) is 0 Å². The number of carbonyl (C=O) groups excluding carboxylic acids is 1. The molecule has 160 valence electrons. The molecule has 3 aromatic carbocycles. The van der Waals surface area contributed by atoms with Crippen LogP contribution in [0, 0.1) is 5.82 Å². The number of rotatable bonds is 5. The van der Waals surface area contributed by atoms with E-state index in [0.29, 0.717) is 5.75 Å². The molecule has 1 aliphatic heterocycles. The first-order valence-corrected chi connectivity index (χ1v) is 11.1.